The van der Waals surface area contributed by atoms with E-state index in [2.05, 4.69) is 217 Å². The van der Waals surface area contributed by atoms with Crippen molar-refractivity contribution in [3.8, 4) is 33.4 Å². The Morgan fingerprint density at radius 2 is 0.911 bits per heavy atom. The number of fused-ring (bicyclic) bond motifs is 7. The van der Waals surface area contributed by atoms with Crippen molar-refractivity contribution < 1.29 is 0 Å². The molecule has 0 atom stereocenters. The predicted molar refractivity (Wildman–Crippen MR) is 243 cm³/mol. The van der Waals surface area contributed by atoms with Gasteiger partial charge in [0.15, 0.2) is 0 Å². The Hall–Kier alpha value is -7.00. The summed E-state index contributed by atoms with van der Waals surface area (Å²) in [6.07, 6.45) is 0. The van der Waals surface area contributed by atoms with Gasteiger partial charge in [0, 0.05) is 36.9 Å². The summed E-state index contributed by atoms with van der Waals surface area (Å²) < 4.78 is 2.63. The van der Waals surface area contributed by atoms with Gasteiger partial charge in [-0.05, 0) is 109 Å². The summed E-state index contributed by atoms with van der Waals surface area (Å²) in [6, 6.07) is 77.8. The van der Waals surface area contributed by atoms with Crippen LogP contribution in [0.4, 0.5) is 17.1 Å². The van der Waals surface area contributed by atoms with Gasteiger partial charge in [-0.2, -0.15) is 0 Å². The molecule has 11 aromatic rings. The van der Waals surface area contributed by atoms with E-state index < -0.39 is 0 Å². The fourth-order valence-electron chi connectivity index (χ4n) is 8.51. The molecule has 0 aliphatic rings. The van der Waals surface area contributed by atoms with Crippen LogP contribution in [0.3, 0.4) is 0 Å². The summed E-state index contributed by atoms with van der Waals surface area (Å²) >= 11 is 1.88. The minimum Gasteiger partial charge on any atom is -0.310 e. The van der Waals surface area contributed by atoms with Crippen LogP contribution in [0.2, 0.25) is 0 Å². The van der Waals surface area contributed by atoms with Gasteiger partial charge in [0.25, 0.3) is 0 Å². The van der Waals surface area contributed by atoms with E-state index in [0.29, 0.717) is 0 Å². The highest BCUT2D eigenvalue weighted by Gasteiger charge is 2.20. The number of rotatable bonds is 6. The van der Waals surface area contributed by atoms with Crippen LogP contribution < -0.4 is 4.90 Å². The molecule has 0 saturated heterocycles. The summed E-state index contributed by atoms with van der Waals surface area (Å²) in [7, 11) is 0. The minimum absolute atomic E-state index is 1.10. The number of thiophene rings is 1. The first-order valence-electron chi connectivity index (χ1n) is 19.2. The second kappa shape index (κ2) is 13.4. The van der Waals surface area contributed by atoms with E-state index in [1.165, 1.54) is 85.9 Å². The standard InChI is InChI=1S/C54H35NS/c1-3-14-36(15-4-1)38-21-13-22-43(30-38)55(52-32-41-20-9-10-23-45(41)47-24-11-12-25-48(47)52)44-27-29-46(50(35-44)37-16-5-2-6-17-37)42-26-28-49-51-31-39-18-7-8-19-40(39)33-54(51)56-53(49)34-42/h1-35H. The van der Waals surface area contributed by atoms with Crippen molar-refractivity contribution in [3.63, 3.8) is 0 Å². The quantitative estimate of drug-likeness (QED) is 0.154. The lowest BCUT2D eigenvalue weighted by molar-refractivity contribution is 1.30. The normalized spacial score (nSPS) is 11.6. The van der Waals surface area contributed by atoms with Crippen LogP contribution in [0.15, 0.2) is 212 Å². The Morgan fingerprint density at radius 1 is 0.286 bits per heavy atom. The van der Waals surface area contributed by atoms with E-state index in [0.717, 1.165) is 17.1 Å². The largest absolute Gasteiger partial charge is 0.310 e. The van der Waals surface area contributed by atoms with E-state index >= 15 is 0 Å². The van der Waals surface area contributed by atoms with Gasteiger partial charge in [0.05, 0.1) is 5.69 Å². The molecule has 0 aliphatic heterocycles. The average molecular weight is 730 g/mol. The van der Waals surface area contributed by atoms with Gasteiger partial charge >= 0.3 is 0 Å². The lowest BCUT2D eigenvalue weighted by Gasteiger charge is -2.29. The van der Waals surface area contributed by atoms with Crippen LogP contribution >= 0.6 is 11.3 Å². The van der Waals surface area contributed by atoms with Gasteiger partial charge in [-0.25, -0.2) is 0 Å². The number of hydrogen-bond donors (Lipinski definition) is 0. The van der Waals surface area contributed by atoms with Crippen molar-refractivity contribution in [1.82, 2.24) is 0 Å². The smallest absolute Gasteiger partial charge is 0.0546 e. The van der Waals surface area contributed by atoms with Crippen molar-refractivity contribution in [3.05, 3.63) is 212 Å². The van der Waals surface area contributed by atoms with Gasteiger partial charge in [-0.1, -0.05) is 164 Å². The molecule has 0 aliphatic carbocycles. The SMILES string of the molecule is c1ccc(-c2cccc(N(c3ccc(-c4ccc5c(c4)sc4cc6ccccc6cc45)c(-c4ccccc4)c3)c3cc4ccccc4c4ccccc34)c2)cc1. The van der Waals surface area contributed by atoms with E-state index in [4.69, 9.17) is 0 Å². The Morgan fingerprint density at radius 3 is 1.71 bits per heavy atom. The Labute approximate surface area is 330 Å². The van der Waals surface area contributed by atoms with Crippen LogP contribution in [-0.4, -0.2) is 0 Å². The molecular formula is C54H35NS. The molecule has 0 radical (unpaired) electrons. The van der Waals surface area contributed by atoms with Crippen LogP contribution in [-0.2, 0) is 0 Å². The fraction of sp³-hybridized carbons (Fsp3) is 0. The molecule has 262 valence electrons. The van der Waals surface area contributed by atoms with Crippen LogP contribution in [0.5, 0.6) is 0 Å². The third-order valence-corrected chi connectivity index (χ3v) is 12.3. The van der Waals surface area contributed by atoms with Gasteiger partial charge in [0.1, 0.15) is 0 Å². The molecule has 1 nitrogen and oxygen atoms in total. The second-order valence-corrected chi connectivity index (χ2v) is 15.6. The molecule has 0 amide bonds. The summed E-state index contributed by atoms with van der Waals surface area (Å²) in [5, 5.41) is 10.1. The zero-order chi connectivity index (χ0) is 37.0. The van der Waals surface area contributed by atoms with E-state index in [9.17, 15) is 0 Å². The molecule has 0 saturated carbocycles. The number of nitrogens with zero attached hydrogens (tertiary/aromatic N) is 1. The summed E-state index contributed by atoms with van der Waals surface area (Å²) in [6.45, 7) is 0. The average Bonchev–Trinajstić information content (AvgIpc) is 3.63. The maximum Gasteiger partial charge on any atom is 0.0546 e. The molecule has 1 aromatic heterocycles. The summed E-state index contributed by atoms with van der Waals surface area (Å²) in [5.74, 6) is 0. The number of anilines is 3. The minimum atomic E-state index is 1.10. The number of benzene rings is 10. The van der Waals surface area contributed by atoms with Gasteiger partial charge in [0.2, 0.25) is 0 Å². The van der Waals surface area contributed by atoms with Gasteiger partial charge in [-0.3, -0.25) is 0 Å². The molecule has 0 bridgehead atoms. The van der Waals surface area contributed by atoms with Crippen LogP contribution in [0, 0.1) is 0 Å². The van der Waals surface area contributed by atoms with Crippen molar-refractivity contribution in [2.75, 3.05) is 4.90 Å². The van der Waals surface area contributed by atoms with Crippen LogP contribution in [0.25, 0.3) is 85.9 Å². The first-order chi connectivity index (χ1) is 27.7. The van der Waals surface area contributed by atoms with Crippen LogP contribution in [0.1, 0.15) is 0 Å². The molecule has 10 aromatic carbocycles. The molecule has 0 spiro atoms. The van der Waals surface area contributed by atoms with Crippen molar-refractivity contribution >= 4 is 80.9 Å². The highest BCUT2D eigenvalue weighted by atomic mass is 32.1. The fourth-order valence-corrected chi connectivity index (χ4v) is 9.69. The maximum absolute atomic E-state index is 2.46. The van der Waals surface area contributed by atoms with Crippen molar-refractivity contribution in [1.29, 1.82) is 0 Å². The maximum atomic E-state index is 2.46. The molecule has 0 fully saturated rings. The Balaban J connectivity index is 1.14. The lowest BCUT2D eigenvalue weighted by Crippen LogP contribution is -2.11. The molecular weight excluding hydrogens is 695 g/mol. The van der Waals surface area contributed by atoms with E-state index in [1.807, 2.05) is 11.3 Å². The van der Waals surface area contributed by atoms with E-state index in [1.54, 1.807) is 0 Å². The second-order valence-electron chi connectivity index (χ2n) is 14.5. The molecule has 2 heteroatoms. The van der Waals surface area contributed by atoms with Crippen molar-refractivity contribution in [2.24, 2.45) is 0 Å². The third kappa shape index (κ3) is 5.54. The molecule has 11 rings (SSSR count). The van der Waals surface area contributed by atoms with Crippen molar-refractivity contribution in [2.45, 2.75) is 0 Å². The molecule has 0 unspecified atom stereocenters. The van der Waals surface area contributed by atoms with Gasteiger partial charge in [-0.15, -0.1) is 11.3 Å². The molecule has 0 N–H and O–H groups in total. The highest BCUT2D eigenvalue weighted by Crippen LogP contribution is 2.46. The Kier molecular flexibility index (Phi) is 7.75. The highest BCUT2D eigenvalue weighted by molar-refractivity contribution is 7.25. The molecule has 56 heavy (non-hydrogen) atoms. The lowest BCUT2D eigenvalue weighted by atomic mass is 9.92. The summed E-state index contributed by atoms with van der Waals surface area (Å²) in [5.41, 5.74) is 10.6. The first kappa shape index (κ1) is 32.4. The molecule has 1 heterocycles. The monoisotopic (exact) mass is 729 g/mol. The van der Waals surface area contributed by atoms with E-state index in [-0.39, 0.29) is 0 Å². The van der Waals surface area contributed by atoms with Gasteiger partial charge < -0.3 is 4.90 Å². The Bertz CT molecular complexity index is 3250. The summed E-state index contributed by atoms with van der Waals surface area (Å²) in [4.78, 5) is 2.46. The topological polar surface area (TPSA) is 3.24 Å². The zero-order valence-electron chi connectivity index (χ0n) is 30.6. The third-order valence-electron chi connectivity index (χ3n) is 11.2. The zero-order valence-corrected chi connectivity index (χ0v) is 31.4. The number of hydrogen-bond acceptors (Lipinski definition) is 2. The first-order valence-corrected chi connectivity index (χ1v) is 20.0. The predicted octanol–water partition coefficient (Wildman–Crippen LogP) is 16.0.